The van der Waals surface area contributed by atoms with Crippen LogP contribution in [0.4, 0.5) is 4.39 Å². The molecule has 0 aliphatic heterocycles. The van der Waals surface area contributed by atoms with E-state index < -0.39 is 6.04 Å². The van der Waals surface area contributed by atoms with Crippen LogP contribution in [0.25, 0.3) is 0 Å². The maximum atomic E-state index is 13.1. The zero-order valence-corrected chi connectivity index (χ0v) is 8.66. The lowest BCUT2D eigenvalue weighted by Crippen LogP contribution is -2.39. The van der Waals surface area contributed by atoms with Gasteiger partial charge in [-0.2, -0.15) is 0 Å². The number of rotatable bonds is 4. The minimum Gasteiger partial charge on any atom is -0.354 e. The Bertz CT molecular complexity index is 339. The van der Waals surface area contributed by atoms with Crippen molar-refractivity contribution in [3.63, 3.8) is 0 Å². The molecular formula is C11H15FN2O. The smallest absolute Gasteiger partial charge is 0.236 e. The average molecular weight is 210 g/mol. The van der Waals surface area contributed by atoms with E-state index in [-0.39, 0.29) is 11.7 Å². The van der Waals surface area contributed by atoms with Crippen molar-refractivity contribution in [2.75, 3.05) is 6.54 Å². The van der Waals surface area contributed by atoms with Crippen LogP contribution >= 0.6 is 0 Å². The van der Waals surface area contributed by atoms with Crippen LogP contribution in [-0.4, -0.2) is 18.5 Å². The molecule has 0 spiro atoms. The third-order valence-corrected chi connectivity index (χ3v) is 2.06. The molecule has 1 atom stereocenters. The van der Waals surface area contributed by atoms with E-state index in [2.05, 4.69) is 5.32 Å². The van der Waals surface area contributed by atoms with Gasteiger partial charge in [0.2, 0.25) is 5.91 Å². The summed E-state index contributed by atoms with van der Waals surface area (Å²) in [7, 11) is 0. The summed E-state index contributed by atoms with van der Waals surface area (Å²) in [6.07, 6.45) is 0.477. The van der Waals surface area contributed by atoms with Crippen LogP contribution in [0.1, 0.15) is 12.5 Å². The predicted molar refractivity (Wildman–Crippen MR) is 56.8 cm³/mol. The van der Waals surface area contributed by atoms with Crippen molar-refractivity contribution >= 4 is 5.91 Å². The molecule has 0 radical (unpaired) electrons. The Balaban J connectivity index is 2.38. The molecule has 1 aromatic carbocycles. The average Bonchev–Trinajstić information content (AvgIpc) is 2.20. The Morgan fingerprint density at radius 1 is 1.53 bits per heavy atom. The third kappa shape index (κ3) is 3.67. The summed E-state index contributed by atoms with van der Waals surface area (Å²) in [6, 6.07) is 5.99. The highest BCUT2D eigenvalue weighted by atomic mass is 19.1. The fourth-order valence-electron chi connectivity index (χ4n) is 1.18. The standard InChI is InChI=1S/C11H15FN2O/c1-8(13)11(15)14-7-6-9-4-2-3-5-10(9)12/h2-5,8H,6-7,13H2,1H3,(H,14,15)/t8-/m1/s1. The van der Waals surface area contributed by atoms with E-state index in [0.29, 0.717) is 18.5 Å². The number of hydrogen-bond donors (Lipinski definition) is 2. The van der Waals surface area contributed by atoms with E-state index >= 15 is 0 Å². The molecule has 0 aliphatic rings. The van der Waals surface area contributed by atoms with E-state index in [1.165, 1.54) is 6.07 Å². The quantitative estimate of drug-likeness (QED) is 0.773. The predicted octanol–water partition coefficient (Wildman–Crippen LogP) is 0.832. The highest BCUT2D eigenvalue weighted by Crippen LogP contribution is 2.05. The van der Waals surface area contributed by atoms with Gasteiger partial charge >= 0.3 is 0 Å². The lowest BCUT2D eigenvalue weighted by molar-refractivity contribution is -0.121. The van der Waals surface area contributed by atoms with Crippen LogP contribution in [0.3, 0.4) is 0 Å². The van der Waals surface area contributed by atoms with Crippen LogP contribution in [0, 0.1) is 5.82 Å². The number of halogens is 1. The molecule has 0 unspecified atom stereocenters. The molecule has 0 saturated carbocycles. The Hall–Kier alpha value is -1.42. The van der Waals surface area contributed by atoms with E-state index in [1.54, 1.807) is 25.1 Å². The minimum absolute atomic E-state index is 0.216. The summed E-state index contributed by atoms with van der Waals surface area (Å²) in [6.45, 7) is 2.01. The largest absolute Gasteiger partial charge is 0.354 e. The van der Waals surface area contributed by atoms with E-state index in [4.69, 9.17) is 5.73 Å². The van der Waals surface area contributed by atoms with Gasteiger partial charge in [0.05, 0.1) is 6.04 Å². The van der Waals surface area contributed by atoms with Gasteiger partial charge < -0.3 is 11.1 Å². The van der Waals surface area contributed by atoms with Crippen molar-refractivity contribution in [3.05, 3.63) is 35.6 Å². The molecule has 3 nitrogen and oxygen atoms in total. The second-order valence-electron chi connectivity index (χ2n) is 3.42. The highest BCUT2D eigenvalue weighted by molar-refractivity contribution is 5.80. The lowest BCUT2D eigenvalue weighted by atomic mass is 10.1. The molecule has 0 bridgehead atoms. The molecule has 4 heteroatoms. The molecule has 15 heavy (non-hydrogen) atoms. The molecular weight excluding hydrogens is 195 g/mol. The Kier molecular flexibility index (Phi) is 4.24. The van der Waals surface area contributed by atoms with E-state index in [1.807, 2.05) is 0 Å². The Labute approximate surface area is 88.5 Å². The van der Waals surface area contributed by atoms with Gasteiger partial charge in [0.15, 0.2) is 0 Å². The highest BCUT2D eigenvalue weighted by Gasteiger charge is 2.06. The monoisotopic (exact) mass is 210 g/mol. The van der Waals surface area contributed by atoms with Crippen LogP contribution in [0.2, 0.25) is 0 Å². The summed E-state index contributed by atoms with van der Waals surface area (Å²) < 4.78 is 13.1. The Morgan fingerprint density at radius 2 is 2.20 bits per heavy atom. The molecule has 0 aliphatic carbocycles. The topological polar surface area (TPSA) is 55.1 Å². The first-order valence-electron chi connectivity index (χ1n) is 4.88. The van der Waals surface area contributed by atoms with Crippen LogP contribution in [0.5, 0.6) is 0 Å². The summed E-state index contributed by atoms with van der Waals surface area (Å²) in [5.74, 6) is -0.459. The first kappa shape index (κ1) is 11.7. The minimum atomic E-state index is -0.523. The Morgan fingerprint density at radius 3 is 2.80 bits per heavy atom. The maximum absolute atomic E-state index is 13.1. The van der Waals surface area contributed by atoms with Crippen molar-refractivity contribution < 1.29 is 9.18 Å². The third-order valence-electron chi connectivity index (χ3n) is 2.06. The molecule has 0 heterocycles. The number of nitrogens with two attached hydrogens (primary N) is 1. The van der Waals surface area contributed by atoms with E-state index in [0.717, 1.165) is 0 Å². The molecule has 0 saturated heterocycles. The van der Waals surface area contributed by atoms with Gasteiger partial charge in [-0.15, -0.1) is 0 Å². The lowest BCUT2D eigenvalue weighted by Gasteiger charge is -2.07. The van der Waals surface area contributed by atoms with Gasteiger partial charge in [-0.25, -0.2) is 4.39 Å². The van der Waals surface area contributed by atoms with Crippen molar-refractivity contribution in [1.29, 1.82) is 0 Å². The van der Waals surface area contributed by atoms with Crippen molar-refractivity contribution in [2.24, 2.45) is 5.73 Å². The van der Waals surface area contributed by atoms with Crippen molar-refractivity contribution in [3.8, 4) is 0 Å². The number of nitrogens with one attached hydrogen (secondary N) is 1. The second-order valence-corrected chi connectivity index (χ2v) is 3.42. The van der Waals surface area contributed by atoms with Gasteiger partial charge in [-0.1, -0.05) is 18.2 Å². The fourth-order valence-corrected chi connectivity index (χ4v) is 1.18. The first-order valence-corrected chi connectivity index (χ1v) is 4.88. The summed E-state index contributed by atoms with van der Waals surface area (Å²) in [5.41, 5.74) is 5.96. The first-order chi connectivity index (χ1) is 7.11. The molecule has 1 aromatic rings. The van der Waals surface area contributed by atoms with Gasteiger partial charge in [0.1, 0.15) is 5.82 Å². The number of carbonyl (C=O) groups is 1. The summed E-state index contributed by atoms with van der Waals surface area (Å²) in [4.78, 5) is 11.1. The summed E-state index contributed by atoms with van der Waals surface area (Å²) >= 11 is 0. The van der Waals surface area contributed by atoms with Crippen LogP contribution < -0.4 is 11.1 Å². The molecule has 0 aromatic heterocycles. The number of benzene rings is 1. The molecule has 82 valence electrons. The summed E-state index contributed by atoms with van der Waals surface area (Å²) in [5, 5.41) is 2.63. The second kappa shape index (κ2) is 5.46. The fraction of sp³-hybridized carbons (Fsp3) is 0.364. The van der Waals surface area contributed by atoms with Crippen molar-refractivity contribution in [2.45, 2.75) is 19.4 Å². The number of amides is 1. The van der Waals surface area contributed by atoms with Crippen LogP contribution in [0.15, 0.2) is 24.3 Å². The zero-order chi connectivity index (χ0) is 11.3. The van der Waals surface area contributed by atoms with Gasteiger partial charge in [-0.3, -0.25) is 4.79 Å². The molecule has 0 fully saturated rings. The molecule has 3 N–H and O–H groups in total. The normalized spacial score (nSPS) is 12.2. The van der Waals surface area contributed by atoms with Crippen LogP contribution in [-0.2, 0) is 11.2 Å². The van der Waals surface area contributed by atoms with Gasteiger partial charge in [0, 0.05) is 6.54 Å². The van der Waals surface area contributed by atoms with Crippen molar-refractivity contribution in [1.82, 2.24) is 5.32 Å². The zero-order valence-electron chi connectivity index (χ0n) is 8.66. The van der Waals surface area contributed by atoms with Gasteiger partial charge in [-0.05, 0) is 25.0 Å². The van der Waals surface area contributed by atoms with E-state index in [9.17, 15) is 9.18 Å². The maximum Gasteiger partial charge on any atom is 0.236 e. The van der Waals surface area contributed by atoms with Gasteiger partial charge in [0.25, 0.3) is 0 Å². The number of hydrogen-bond acceptors (Lipinski definition) is 2. The molecule has 1 rings (SSSR count). The molecule has 1 amide bonds. The number of carbonyl (C=O) groups excluding carboxylic acids is 1. The SMILES string of the molecule is C[C@@H](N)C(=O)NCCc1ccccc1F.